The van der Waals surface area contributed by atoms with Crippen molar-refractivity contribution in [3.63, 3.8) is 0 Å². The first-order valence-corrected chi connectivity index (χ1v) is 12.4. The highest BCUT2D eigenvalue weighted by molar-refractivity contribution is 5.98. The molecular formula is C25H29F2N7O3. The van der Waals surface area contributed by atoms with Gasteiger partial charge in [-0.25, -0.2) is 0 Å². The minimum Gasteiger partial charge on any atom is -0.419 e. The van der Waals surface area contributed by atoms with E-state index in [1.807, 2.05) is 25.1 Å². The van der Waals surface area contributed by atoms with Crippen LogP contribution in [-0.2, 0) is 11.9 Å². The number of nitrogens with zero attached hydrogens (tertiary/aromatic N) is 7. The summed E-state index contributed by atoms with van der Waals surface area (Å²) in [6, 6.07) is 3.54. The Kier molecular flexibility index (Phi) is 6.70. The lowest BCUT2D eigenvalue weighted by Gasteiger charge is -2.39. The van der Waals surface area contributed by atoms with Crippen LogP contribution in [0.25, 0.3) is 6.08 Å². The molecule has 37 heavy (non-hydrogen) atoms. The Balaban J connectivity index is 1.36. The second-order valence-electron chi connectivity index (χ2n) is 9.88. The number of pyridine rings is 1. The molecule has 2 saturated carbocycles. The fourth-order valence-corrected chi connectivity index (χ4v) is 5.24. The standard InChI is InChI=1S/C25H29F2N7O3/c1-32(19-12-20(35)34(3)18-11-10-17(13-28)33(2)22(18)19)16-8-6-14(7-9-16)21(31-37-25(26)27)24-30-29-23(36-24)15-4-5-15/h10-12,14-17,25H,4-9H2,1-3H3/b31-21-. The van der Waals surface area contributed by atoms with Crippen molar-refractivity contribution >= 4 is 23.2 Å². The van der Waals surface area contributed by atoms with Gasteiger partial charge in [0, 0.05) is 45.1 Å². The fourth-order valence-electron chi connectivity index (χ4n) is 5.24. The van der Waals surface area contributed by atoms with Gasteiger partial charge >= 0.3 is 6.61 Å². The van der Waals surface area contributed by atoms with Crippen molar-refractivity contribution in [1.82, 2.24) is 14.8 Å². The Hall–Kier alpha value is -3.75. The Morgan fingerprint density at radius 2 is 1.97 bits per heavy atom. The van der Waals surface area contributed by atoms with Crippen LogP contribution in [0.4, 0.5) is 20.2 Å². The first kappa shape index (κ1) is 24.9. The topological polar surface area (TPSA) is 113 Å². The Morgan fingerprint density at radius 1 is 1.24 bits per heavy atom. The predicted molar refractivity (Wildman–Crippen MR) is 133 cm³/mol. The van der Waals surface area contributed by atoms with Gasteiger partial charge in [-0.2, -0.15) is 14.0 Å². The highest BCUT2D eigenvalue weighted by Gasteiger charge is 2.35. The van der Waals surface area contributed by atoms with Gasteiger partial charge in [-0.1, -0.05) is 5.16 Å². The van der Waals surface area contributed by atoms with Crippen molar-refractivity contribution in [1.29, 1.82) is 5.26 Å². The largest absolute Gasteiger partial charge is 0.419 e. The number of alkyl halides is 2. The molecule has 3 aliphatic rings. The molecule has 0 spiro atoms. The average Bonchev–Trinajstić information content (AvgIpc) is 3.63. The smallest absolute Gasteiger partial charge is 0.407 e. The number of hydrogen-bond donors (Lipinski definition) is 0. The van der Waals surface area contributed by atoms with Crippen molar-refractivity contribution in [3.8, 4) is 6.07 Å². The number of fused-ring (bicyclic) bond motifs is 1. The van der Waals surface area contributed by atoms with Crippen LogP contribution in [0.1, 0.15) is 61.9 Å². The first-order chi connectivity index (χ1) is 17.8. The molecule has 2 aromatic heterocycles. The number of likely N-dealkylation sites (N-methyl/N-ethyl adjacent to an activating group) is 1. The quantitative estimate of drug-likeness (QED) is 0.407. The van der Waals surface area contributed by atoms with E-state index in [0.717, 1.165) is 42.8 Å². The summed E-state index contributed by atoms with van der Waals surface area (Å²) in [5.74, 6) is 0.705. The minimum atomic E-state index is -3.04. The third kappa shape index (κ3) is 4.82. The van der Waals surface area contributed by atoms with Gasteiger partial charge in [-0.05, 0) is 50.7 Å². The maximum Gasteiger partial charge on any atom is 0.407 e. The van der Waals surface area contributed by atoms with Crippen LogP contribution in [0.15, 0.2) is 26.5 Å². The molecule has 0 N–H and O–H groups in total. The summed E-state index contributed by atoms with van der Waals surface area (Å²) < 4.78 is 32.9. The van der Waals surface area contributed by atoms with Crippen molar-refractivity contribution in [2.24, 2.45) is 18.1 Å². The molecule has 0 radical (unpaired) electrons. The summed E-state index contributed by atoms with van der Waals surface area (Å²) >= 11 is 0. The number of anilines is 2. The normalized spacial score (nSPS) is 23.6. The monoisotopic (exact) mass is 513 g/mol. The molecule has 0 saturated heterocycles. The third-order valence-electron chi connectivity index (χ3n) is 7.60. The number of aromatic nitrogens is 3. The lowest BCUT2D eigenvalue weighted by molar-refractivity contribution is -0.128. The SMILES string of the molecule is CN1c2c(N(C)C3CCC(/C(=N/OC(F)F)c4nnc(C5CC5)o4)CC3)cc(=O)n(C)c2C=CC1C#N. The van der Waals surface area contributed by atoms with Crippen molar-refractivity contribution < 1.29 is 18.0 Å². The summed E-state index contributed by atoms with van der Waals surface area (Å²) in [6.45, 7) is -3.04. The fraction of sp³-hybridized carbons (Fsp3) is 0.560. The molecule has 3 heterocycles. The summed E-state index contributed by atoms with van der Waals surface area (Å²) in [6.07, 6.45) is 8.30. The van der Waals surface area contributed by atoms with Gasteiger partial charge in [0.15, 0.2) is 0 Å². The summed E-state index contributed by atoms with van der Waals surface area (Å²) in [5.41, 5.74) is 2.46. The van der Waals surface area contributed by atoms with E-state index in [1.165, 1.54) is 0 Å². The van der Waals surface area contributed by atoms with Crippen molar-refractivity contribution in [2.75, 3.05) is 23.9 Å². The van der Waals surface area contributed by atoms with Gasteiger partial charge in [0.1, 0.15) is 11.8 Å². The lowest BCUT2D eigenvalue weighted by Crippen LogP contribution is -2.41. The van der Waals surface area contributed by atoms with E-state index >= 15 is 0 Å². The molecule has 2 fully saturated rings. The van der Waals surface area contributed by atoms with Crippen LogP contribution in [-0.4, -0.2) is 53.3 Å². The third-order valence-corrected chi connectivity index (χ3v) is 7.60. The Morgan fingerprint density at radius 3 is 2.62 bits per heavy atom. The second-order valence-corrected chi connectivity index (χ2v) is 9.88. The van der Waals surface area contributed by atoms with E-state index in [4.69, 9.17) is 4.42 Å². The highest BCUT2D eigenvalue weighted by atomic mass is 19.3. The van der Waals surface area contributed by atoms with Crippen LogP contribution < -0.4 is 15.4 Å². The molecule has 5 rings (SSSR count). The van der Waals surface area contributed by atoms with Gasteiger partial charge in [0.25, 0.3) is 11.4 Å². The molecular weight excluding hydrogens is 484 g/mol. The van der Waals surface area contributed by atoms with Crippen LogP contribution in [0, 0.1) is 17.2 Å². The van der Waals surface area contributed by atoms with Gasteiger partial charge < -0.3 is 23.6 Å². The zero-order valence-electron chi connectivity index (χ0n) is 21.0. The van der Waals surface area contributed by atoms with E-state index in [9.17, 15) is 18.8 Å². The molecule has 196 valence electrons. The van der Waals surface area contributed by atoms with Crippen molar-refractivity contribution in [2.45, 2.75) is 63.1 Å². The zero-order chi connectivity index (χ0) is 26.3. The van der Waals surface area contributed by atoms with Crippen LogP contribution >= 0.6 is 0 Å². The molecule has 0 amide bonds. The zero-order valence-corrected chi connectivity index (χ0v) is 21.0. The summed E-state index contributed by atoms with van der Waals surface area (Å²) in [4.78, 5) is 21.0. The maximum atomic E-state index is 12.8. The molecule has 10 nitrogen and oxygen atoms in total. The van der Waals surface area contributed by atoms with E-state index < -0.39 is 12.7 Å². The van der Waals surface area contributed by atoms with Gasteiger partial charge in [-0.15, -0.1) is 10.2 Å². The minimum absolute atomic E-state index is 0.0919. The first-order valence-electron chi connectivity index (χ1n) is 12.4. The van der Waals surface area contributed by atoms with E-state index in [-0.39, 0.29) is 35.0 Å². The van der Waals surface area contributed by atoms with E-state index in [1.54, 1.807) is 23.8 Å². The van der Waals surface area contributed by atoms with Crippen LogP contribution in [0.2, 0.25) is 0 Å². The van der Waals surface area contributed by atoms with E-state index in [0.29, 0.717) is 18.7 Å². The number of halogens is 2. The summed E-state index contributed by atoms with van der Waals surface area (Å²) in [7, 11) is 5.51. The van der Waals surface area contributed by atoms with Crippen LogP contribution in [0.3, 0.4) is 0 Å². The Bertz CT molecular complexity index is 1320. The molecule has 1 aliphatic heterocycles. The molecule has 1 atom stereocenters. The average molecular weight is 514 g/mol. The number of oxime groups is 1. The molecule has 2 aliphatic carbocycles. The maximum absolute atomic E-state index is 12.8. The van der Waals surface area contributed by atoms with Crippen molar-refractivity contribution in [3.05, 3.63) is 40.0 Å². The predicted octanol–water partition coefficient (Wildman–Crippen LogP) is 3.64. The lowest BCUT2D eigenvalue weighted by atomic mass is 9.82. The van der Waals surface area contributed by atoms with Gasteiger partial charge in [0.05, 0.1) is 23.1 Å². The van der Waals surface area contributed by atoms with E-state index in [2.05, 4.69) is 31.2 Å². The molecule has 0 bridgehead atoms. The molecule has 0 aromatic carbocycles. The van der Waals surface area contributed by atoms with Gasteiger partial charge in [-0.3, -0.25) is 4.79 Å². The highest BCUT2D eigenvalue weighted by Crippen LogP contribution is 2.41. The second kappa shape index (κ2) is 9.95. The molecule has 1 unspecified atom stereocenters. The number of rotatable bonds is 7. The van der Waals surface area contributed by atoms with Crippen LogP contribution in [0.5, 0.6) is 0 Å². The van der Waals surface area contributed by atoms with Gasteiger partial charge in [0.2, 0.25) is 5.89 Å². The number of nitriles is 1. The number of hydrogen-bond acceptors (Lipinski definition) is 9. The summed E-state index contributed by atoms with van der Waals surface area (Å²) in [5, 5.41) is 21.4. The Labute approximate surface area is 212 Å². The molecule has 2 aromatic rings. The molecule has 12 heteroatoms.